The van der Waals surface area contributed by atoms with Crippen LogP contribution in [-0.4, -0.2) is 0 Å². The summed E-state index contributed by atoms with van der Waals surface area (Å²) in [6.45, 7) is 0. The van der Waals surface area contributed by atoms with Gasteiger partial charge in [-0.2, -0.15) is 0 Å². The Morgan fingerprint density at radius 2 is 0.925 bits per heavy atom. The van der Waals surface area contributed by atoms with Gasteiger partial charge in [0.25, 0.3) is 0 Å². The van der Waals surface area contributed by atoms with Crippen LogP contribution in [-0.2, 0) is 0 Å². The standard InChI is InChI=1S/C38H27NO/c1-4-12-29(13-5-1)35-25-22-30(26-36(35)38-27-31-14-10-11-19-37(31)40-38)28-20-23-34(24-21-28)39(32-15-6-2-7-16-32)33-17-8-3-9-18-33/h1-27H. The van der Waals surface area contributed by atoms with Crippen molar-refractivity contribution in [2.45, 2.75) is 0 Å². The van der Waals surface area contributed by atoms with Crippen LogP contribution in [0.1, 0.15) is 0 Å². The lowest BCUT2D eigenvalue weighted by Crippen LogP contribution is -2.09. The average Bonchev–Trinajstić information content (AvgIpc) is 3.47. The van der Waals surface area contributed by atoms with Gasteiger partial charge >= 0.3 is 0 Å². The summed E-state index contributed by atoms with van der Waals surface area (Å²) in [5.41, 5.74) is 9.96. The maximum atomic E-state index is 6.35. The Bertz CT molecular complexity index is 1800. The minimum absolute atomic E-state index is 0.873. The summed E-state index contributed by atoms with van der Waals surface area (Å²) < 4.78 is 6.35. The van der Waals surface area contributed by atoms with Crippen LogP contribution in [0.5, 0.6) is 0 Å². The van der Waals surface area contributed by atoms with E-state index in [1.165, 1.54) is 5.56 Å². The molecule has 2 nitrogen and oxygen atoms in total. The molecule has 0 aliphatic rings. The molecule has 0 saturated heterocycles. The number of benzene rings is 6. The predicted molar refractivity (Wildman–Crippen MR) is 167 cm³/mol. The van der Waals surface area contributed by atoms with Crippen LogP contribution in [0, 0.1) is 0 Å². The number of anilines is 3. The number of furan rings is 1. The van der Waals surface area contributed by atoms with E-state index in [0.717, 1.165) is 56.0 Å². The highest BCUT2D eigenvalue weighted by atomic mass is 16.3. The number of nitrogens with zero attached hydrogens (tertiary/aromatic N) is 1. The molecule has 0 fully saturated rings. The Kier molecular flexibility index (Phi) is 6.20. The van der Waals surface area contributed by atoms with E-state index in [4.69, 9.17) is 4.42 Å². The normalized spacial score (nSPS) is 11.0. The molecule has 7 aromatic rings. The largest absolute Gasteiger partial charge is 0.456 e. The summed E-state index contributed by atoms with van der Waals surface area (Å²) in [6, 6.07) is 57.3. The summed E-state index contributed by atoms with van der Waals surface area (Å²) in [7, 11) is 0. The molecule has 0 saturated carbocycles. The van der Waals surface area contributed by atoms with Crippen molar-refractivity contribution in [3.8, 4) is 33.6 Å². The molecule has 0 bridgehead atoms. The Balaban J connectivity index is 1.31. The molecule has 190 valence electrons. The van der Waals surface area contributed by atoms with Crippen molar-refractivity contribution in [2.24, 2.45) is 0 Å². The first-order chi connectivity index (χ1) is 19.8. The van der Waals surface area contributed by atoms with Gasteiger partial charge in [0.2, 0.25) is 0 Å². The molecule has 0 amide bonds. The Morgan fingerprint density at radius 3 is 1.57 bits per heavy atom. The molecule has 0 spiro atoms. The Hall–Kier alpha value is -5.34. The maximum absolute atomic E-state index is 6.35. The van der Waals surface area contributed by atoms with Crippen molar-refractivity contribution in [3.05, 3.63) is 164 Å². The van der Waals surface area contributed by atoms with Crippen LogP contribution in [0.2, 0.25) is 0 Å². The van der Waals surface area contributed by atoms with Crippen molar-refractivity contribution >= 4 is 28.0 Å². The Morgan fingerprint density at radius 1 is 0.375 bits per heavy atom. The molecule has 0 radical (unpaired) electrons. The molecule has 40 heavy (non-hydrogen) atoms. The number of hydrogen-bond acceptors (Lipinski definition) is 2. The van der Waals surface area contributed by atoms with Gasteiger partial charge in [-0.05, 0) is 76.9 Å². The highest BCUT2D eigenvalue weighted by molar-refractivity contribution is 5.90. The molecule has 0 aliphatic carbocycles. The fraction of sp³-hybridized carbons (Fsp3) is 0. The van der Waals surface area contributed by atoms with Crippen molar-refractivity contribution in [2.75, 3.05) is 4.90 Å². The van der Waals surface area contributed by atoms with E-state index in [2.05, 4.69) is 150 Å². The second kappa shape index (κ2) is 10.4. The van der Waals surface area contributed by atoms with E-state index in [1.807, 2.05) is 18.2 Å². The van der Waals surface area contributed by atoms with Crippen molar-refractivity contribution < 1.29 is 4.42 Å². The lowest BCUT2D eigenvalue weighted by molar-refractivity contribution is 0.632. The molecule has 2 heteroatoms. The minimum atomic E-state index is 0.873. The van der Waals surface area contributed by atoms with E-state index in [1.54, 1.807) is 0 Å². The van der Waals surface area contributed by atoms with Crippen LogP contribution in [0.15, 0.2) is 168 Å². The summed E-state index contributed by atoms with van der Waals surface area (Å²) in [5, 5.41) is 1.10. The zero-order chi connectivity index (χ0) is 26.7. The molecule has 0 unspecified atom stereocenters. The van der Waals surface area contributed by atoms with E-state index in [0.29, 0.717) is 0 Å². The van der Waals surface area contributed by atoms with Gasteiger partial charge in [-0.25, -0.2) is 0 Å². The fourth-order valence-corrected chi connectivity index (χ4v) is 5.32. The highest BCUT2D eigenvalue weighted by Crippen LogP contribution is 2.39. The molecule has 7 rings (SSSR count). The third-order valence-electron chi connectivity index (χ3n) is 7.28. The first-order valence-corrected chi connectivity index (χ1v) is 13.5. The molecule has 6 aromatic carbocycles. The van der Waals surface area contributed by atoms with Gasteiger partial charge in [0.1, 0.15) is 11.3 Å². The average molecular weight is 514 g/mol. The first kappa shape index (κ1) is 23.8. The van der Waals surface area contributed by atoms with E-state index < -0.39 is 0 Å². The third kappa shape index (κ3) is 4.57. The van der Waals surface area contributed by atoms with E-state index >= 15 is 0 Å². The summed E-state index contributed by atoms with van der Waals surface area (Å²) in [5.74, 6) is 0.873. The van der Waals surface area contributed by atoms with Crippen LogP contribution in [0.25, 0.3) is 44.5 Å². The molecule has 0 aliphatic heterocycles. The molecular formula is C38H27NO. The zero-order valence-corrected chi connectivity index (χ0v) is 21.9. The van der Waals surface area contributed by atoms with Gasteiger partial charge in [0.15, 0.2) is 0 Å². The summed E-state index contributed by atoms with van der Waals surface area (Å²) in [6.07, 6.45) is 0. The van der Waals surface area contributed by atoms with Crippen LogP contribution < -0.4 is 4.90 Å². The van der Waals surface area contributed by atoms with Gasteiger partial charge in [-0.3, -0.25) is 0 Å². The molecule has 1 heterocycles. The van der Waals surface area contributed by atoms with E-state index in [-0.39, 0.29) is 0 Å². The maximum Gasteiger partial charge on any atom is 0.136 e. The lowest BCUT2D eigenvalue weighted by atomic mass is 9.93. The zero-order valence-electron chi connectivity index (χ0n) is 21.9. The number of rotatable bonds is 6. The van der Waals surface area contributed by atoms with Crippen molar-refractivity contribution in [3.63, 3.8) is 0 Å². The number of hydrogen-bond donors (Lipinski definition) is 0. The van der Waals surface area contributed by atoms with Crippen LogP contribution >= 0.6 is 0 Å². The fourth-order valence-electron chi connectivity index (χ4n) is 5.32. The lowest BCUT2D eigenvalue weighted by Gasteiger charge is -2.25. The SMILES string of the molecule is c1ccc(-c2ccc(-c3ccc(N(c4ccccc4)c4ccccc4)cc3)cc2-c2cc3ccccc3o2)cc1. The molecule has 0 atom stereocenters. The van der Waals surface area contributed by atoms with E-state index in [9.17, 15) is 0 Å². The quantitative estimate of drug-likeness (QED) is 0.220. The minimum Gasteiger partial charge on any atom is -0.456 e. The number of fused-ring (bicyclic) bond motifs is 1. The van der Waals surface area contributed by atoms with Crippen LogP contribution in [0.4, 0.5) is 17.1 Å². The predicted octanol–water partition coefficient (Wildman–Crippen LogP) is 10.9. The van der Waals surface area contributed by atoms with Crippen LogP contribution in [0.3, 0.4) is 0 Å². The second-order valence-corrected chi connectivity index (χ2v) is 9.83. The monoisotopic (exact) mass is 513 g/mol. The summed E-state index contributed by atoms with van der Waals surface area (Å²) >= 11 is 0. The number of para-hydroxylation sites is 3. The van der Waals surface area contributed by atoms with Gasteiger partial charge in [0.05, 0.1) is 0 Å². The van der Waals surface area contributed by atoms with Gasteiger partial charge in [-0.1, -0.05) is 109 Å². The highest BCUT2D eigenvalue weighted by Gasteiger charge is 2.15. The molecular weight excluding hydrogens is 486 g/mol. The smallest absolute Gasteiger partial charge is 0.136 e. The topological polar surface area (TPSA) is 16.4 Å². The first-order valence-electron chi connectivity index (χ1n) is 13.5. The van der Waals surface area contributed by atoms with Gasteiger partial charge in [-0.15, -0.1) is 0 Å². The summed E-state index contributed by atoms with van der Waals surface area (Å²) in [4.78, 5) is 2.28. The van der Waals surface area contributed by atoms with Gasteiger partial charge < -0.3 is 9.32 Å². The van der Waals surface area contributed by atoms with Crippen molar-refractivity contribution in [1.29, 1.82) is 0 Å². The molecule has 1 aromatic heterocycles. The Labute approximate surface area is 234 Å². The third-order valence-corrected chi connectivity index (χ3v) is 7.28. The second-order valence-electron chi connectivity index (χ2n) is 9.83. The van der Waals surface area contributed by atoms with Gasteiger partial charge in [0, 0.05) is 28.0 Å². The van der Waals surface area contributed by atoms with Crippen molar-refractivity contribution in [1.82, 2.24) is 0 Å². The molecule has 0 N–H and O–H groups in total.